The molecular formula is C3H3O3Si. The van der Waals surface area contributed by atoms with Crippen LogP contribution in [0.3, 0.4) is 0 Å². The third-order valence-corrected chi connectivity index (χ3v) is 0.374. The second kappa shape index (κ2) is 3.57. The molecule has 0 saturated carbocycles. The van der Waals surface area contributed by atoms with Crippen LogP contribution in [-0.2, 0) is 14.3 Å². The molecule has 0 heterocycles. The molecule has 3 nitrogen and oxygen atoms in total. The molecule has 7 heavy (non-hydrogen) atoms. The minimum Gasteiger partial charge on any atom is -0.306 e. The third kappa shape index (κ3) is 3.21. The van der Waals surface area contributed by atoms with Gasteiger partial charge in [0.25, 0.3) is 0 Å². The molecule has 0 aromatic carbocycles. The van der Waals surface area contributed by atoms with Crippen molar-refractivity contribution in [2.24, 2.45) is 0 Å². The minimum absolute atomic E-state index is 0.630. The van der Waals surface area contributed by atoms with Crippen molar-refractivity contribution < 1.29 is 14.3 Å². The lowest BCUT2D eigenvalue weighted by atomic mass is 10.7. The van der Waals surface area contributed by atoms with Gasteiger partial charge in [0.1, 0.15) is 0 Å². The van der Waals surface area contributed by atoms with Gasteiger partial charge in [0, 0.05) is 6.08 Å². The summed E-state index contributed by atoms with van der Waals surface area (Å²) >= 11 is 0. The molecule has 0 N–H and O–H groups in total. The lowest BCUT2D eigenvalue weighted by Crippen LogP contribution is -1.97. The second-order valence-corrected chi connectivity index (χ2v) is 0.856. The van der Waals surface area contributed by atoms with E-state index in [9.17, 15) is 4.79 Å². The van der Waals surface area contributed by atoms with Gasteiger partial charge in [0.2, 0.25) is 0 Å². The molecule has 0 saturated heterocycles. The monoisotopic (exact) mass is 115 g/mol. The van der Waals surface area contributed by atoms with Crippen molar-refractivity contribution in [1.82, 2.24) is 0 Å². The van der Waals surface area contributed by atoms with E-state index in [1.54, 1.807) is 0 Å². The predicted octanol–water partition coefficient (Wildman–Crippen LogP) is -0.269. The molecule has 0 spiro atoms. The number of rotatable bonds is 2. The number of hydrogen-bond donors (Lipinski definition) is 0. The Bertz CT molecular complexity index is 80.2. The van der Waals surface area contributed by atoms with Crippen LogP contribution in [0.2, 0.25) is 0 Å². The summed E-state index contributed by atoms with van der Waals surface area (Å²) in [6, 6.07) is 0. The van der Waals surface area contributed by atoms with E-state index in [0.717, 1.165) is 6.08 Å². The third-order valence-electron chi connectivity index (χ3n) is 0.290. The zero-order chi connectivity index (χ0) is 5.70. The smallest absolute Gasteiger partial charge is 0.306 e. The maximum absolute atomic E-state index is 9.92. The van der Waals surface area contributed by atoms with Crippen molar-refractivity contribution >= 4 is 16.5 Å². The minimum atomic E-state index is -0.630. The molecule has 0 aromatic heterocycles. The normalized spacial score (nSPS) is 7.57. The fraction of sp³-hybridized carbons (Fsp3) is 0. The SMILES string of the molecule is C=CC(=O)OO[Si]. The summed E-state index contributed by atoms with van der Waals surface area (Å²) in [6.07, 6.45) is 0.986. The molecule has 0 rings (SSSR count). The highest BCUT2D eigenvalue weighted by Crippen LogP contribution is 1.74. The fourth-order valence-electron chi connectivity index (χ4n) is 0.0751. The Kier molecular flexibility index (Phi) is 3.26. The molecule has 0 unspecified atom stereocenters. The maximum Gasteiger partial charge on any atom is 0.363 e. The Balaban J connectivity index is 3.17. The average Bonchev–Trinajstić information content (AvgIpc) is 1.68. The predicted molar refractivity (Wildman–Crippen MR) is 23.1 cm³/mol. The Morgan fingerprint density at radius 3 is 2.57 bits per heavy atom. The molecule has 4 heteroatoms. The summed E-state index contributed by atoms with van der Waals surface area (Å²) in [5, 5.41) is 0. The van der Waals surface area contributed by atoms with E-state index >= 15 is 0 Å². The Morgan fingerprint density at radius 1 is 1.86 bits per heavy atom. The van der Waals surface area contributed by atoms with Crippen LogP contribution in [0.1, 0.15) is 0 Å². The summed E-state index contributed by atoms with van der Waals surface area (Å²) < 4.78 is 3.78. The van der Waals surface area contributed by atoms with E-state index in [1.807, 2.05) is 0 Å². The largest absolute Gasteiger partial charge is 0.363 e. The van der Waals surface area contributed by atoms with Crippen molar-refractivity contribution in [3.63, 3.8) is 0 Å². The lowest BCUT2D eigenvalue weighted by Gasteiger charge is -1.89. The first kappa shape index (κ1) is 6.39. The first-order valence-electron chi connectivity index (χ1n) is 1.48. The number of hydrogen-bond acceptors (Lipinski definition) is 3. The van der Waals surface area contributed by atoms with Gasteiger partial charge in [-0.1, -0.05) is 6.58 Å². The van der Waals surface area contributed by atoms with Crippen molar-refractivity contribution in [2.75, 3.05) is 0 Å². The van der Waals surface area contributed by atoms with Crippen LogP contribution in [0.4, 0.5) is 0 Å². The van der Waals surface area contributed by atoms with Crippen LogP contribution in [0.15, 0.2) is 12.7 Å². The summed E-state index contributed by atoms with van der Waals surface area (Å²) in [7, 11) is 2.44. The molecule has 0 fully saturated rings. The van der Waals surface area contributed by atoms with Gasteiger partial charge in [-0.25, -0.2) is 9.37 Å². The molecular weight excluding hydrogens is 112 g/mol. The molecule has 0 amide bonds. The zero-order valence-electron chi connectivity index (χ0n) is 3.51. The number of carbonyl (C=O) groups excluding carboxylic acids is 1. The van der Waals surface area contributed by atoms with Crippen LogP contribution < -0.4 is 0 Å². The van der Waals surface area contributed by atoms with Gasteiger partial charge < -0.3 is 4.89 Å². The van der Waals surface area contributed by atoms with Gasteiger partial charge in [-0.15, -0.1) is 0 Å². The quantitative estimate of drug-likeness (QED) is 0.215. The molecule has 0 aromatic rings. The Morgan fingerprint density at radius 2 is 2.43 bits per heavy atom. The Hall–Kier alpha value is -0.613. The zero-order valence-corrected chi connectivity index (χ0v) is 4.51. The van der Waals surface area contributed by atoms with Gasteiger partial charge in [-0.3, -0.25) is 0 Å². The molecule has 0 aliphatic carbocycles. The van der Waals surface area contributed by atoms with Crippen molar-refractivity contribution in [3.8, 4) is 0 Å². The standard InChI is InChI=1S/C3H3O3Si/c1-2-3(4)5-6-7/h2H,1H2. The first-order chi connectivity index (χ1) is 3.31. The van der Waals surface area contributed by atoms with E-state index in [1.165, 1.54) is 0 Å². The molecule has 0 atom stereocenters. The van der Waals surface area contributed by atoms with E-state index < -0.39 is 5.97 Å². The van der Waals surface area contributed by atoms with Crippen LogP contribution >= 0.6 is 0 Å². The van der Waals surface area contributed by atoms with Gasteiger partial charge in [-0.2, -0.15) is 0 Å². The summed E-state index contributed by atoms with van der Waals surface area (Å²) in [5.74, 6) is -0.630. The van der Waals surface area contributed by atoms with Crippen molar-refractivity contribution in [2.45, 2.75) is 0 Å². The van der Waals surface area contributed by atoms with Gasteiger partial charge >= 0.3 is 16.5 Å². The van der Waals surface area contributed by atoms with Crippen LogP contribution in [-0.4, -0.2) is 16.5 Å². The van der Waals surface area contributed by atoms with Crippen LogP contribution in [0.25, 0.3) is 0 Å². The highest BCUT2D eigenvalue weighted by atomic mass is 28.2. The average molecular weight is 115 g/mol. The number of carbonyl (C=O) groups is 1. The van der Waals surface area contributed by atoms with Crippen LogP contribution in [0, 0.1) is 0 Å². The summed E-state index contributed by atoms with van der Waals surface area (Å²) in [4.78, 5) is 13.8. The topological polar surface area (TPSA) is 35.5 Å². The first-order valence-corrected chi connectivity index (χ1v) is 1.88. The highest BCUT2D eigenvalue weighted by molar-refractivity contribution is 5.98. The van der Waals surface area contributed by atoms with Gasteiger partial charge in [-0.05, 0) is 0 Å². The highest BCUT2D eigenvalue weighted by Gasteiger charge is 1.88. The lowest BCUT2D eigenvalue weighted by molar-refractivity contribution is -0.205. The van der Waals surface area contributed by atoms with Crippen molar-refractivity contribution in [3.05, 3.63) is 12.7 Å². The van der Waals surface area contributed by atoms with E-state index in [-0.39, 0.29) is 0 Å². The molecule has 3 radical (unpaired) electrons. The van der Waals surface area contributed by atoms with E-state index in [4.69, 9.17) is 0 Å². The van der Waals surface area contributed by atoms with Gasteiger partial charge in [0.15, 0.2) is 0 Å². The van der Waals surface area contributed by atoms with E-state index in [2.05, 4.69) is 26.5 Å². The van der Waals surface area contributed by atoms with Gasteiger partial charge in [0.05, 0.1) is 0 Å². The maximum atomic E-state index is 9.92. The summed E-state index contributed by atoms with van der Waals surface area (Å²) in [5.41, 5.74) is 0. The molecule has 0 bridgehead atoms. The fourth-order valence-corrected chi connectivity index (χ4v) is 0.157. The molecule has 0 aliphatic heterocycles. The Labute approximate surface area is 44.4 Å². The van der Waals surface area contributed by atoms with E-state index in [0.29, 0.717) is 0 Å². The second-order valence-electron chi connectivity index (χ2n) is 0.690. The molecule has 0 aliphatic rings. The van der Waals surface area contributed by atoms with Crippen molar-refractivity contribution in [1.29, 1.82) is 0 Å². The molecule has 37 valence electrons. The van der Waals surface area contributed by atoms with Crippen LogP contribution in [0.5, 0.6) is 0 Å². The summed E-state index contributed by atoms with van der Waals surface area (Å²) in [6.45, 7) is 3.10.